The molecule has 0 unspecified atom stereocenters. The molecule has 1 N–H and O–H groups in total. The average molecular weight is 253 g/mol. The normalized spacial score (nSPS) is 27.7. The third-order valence-corrected chi connectivity index (χ3v) is 3.72. The fourth-order valence-electron chi connectivity index (χ4n) is 2.59. The molecule has 18 heavy (non-hydrogen) atoms. The van der Waals surface area contributed by atoms with Gasteiger partial charge in [0, 0.05) is 12.6 Å². The molecule has 1 aliphatic carbocycles. The van der Waals surface area contributed by atoms with Gasteiger partial charge in [-0.1, -0.05) is 12.7 Å². The third kappa shape index (κ3) is 2.83. The van der Waals surface area contributed by atoms with E-state index in [4.69, 9.17) is 9.84 Å². The number of likely N-dealkylation sites (tertiary alicyclic amines) is 1. The Balaban J connectivity index is 1.99. The van der Waals surface area contributed by atoms with Gasteiger partial charge in [0.05, 0.1) is 5.92 Å². The molecule has 0 bridgehead atoms. The molecular formula is C13H19NO4. The Hall–Kier alpha value is -1.52. The number of aliphatic carboxylic acids is 1. The van der Waals surface area contributed by atoms with E-state index in [1.54, 1.807) is 4.90 Å². The van der Waals surface area contributed by atoms with Crippen LogP contribution in [-0.2, 0) is 9.53 Å². The minimum Gasteiger partial charge on any atom is -0.481 e. The fourth-order valence-corrected chi connectivity index (χ4v) is 2.59. The minimum atomic E-state index is -0.750. The smallest absolute Gasteiger partial charge is 0.410 e. The van der Waals surface area contributed by atoms with E-state index < -0.39 is 5.97 Å². The van der Waals surface area contributed by atoms with Gasteiger partial charge in [-0.2, -0.15) is 0 Å². The predicted molar refractivity (Wildman–Crippen MR) is 65.1 cm³/mol. The van der Waals surface area contributed by atoms with Crippen molar-refractivity contribution in [3.05, 3.63) is 12.7 Å². The molecule has 0 aromatic carbocycles. The zero-order chi connectivity index (χ0) is 13.1. The Kier molecular flexibility index (Phi) is 3.89. The first kappa shape index (κ1) is 12.9. The van der Waals surface area contributed by atoms with E-state index in [-0.39, 0.29) is 24.7 Å². The first-order chi connectivity index (χ1) is 8.63. The number of hydrogen-bond acceptors (Lipinski definition) is 3. The molecule has 5 nitrogen and oxygen atoms in total. The summed E-state index contributed by atoms with van der Waals surface area (Å²) in [6.45, 7) is 4.19. The molecule has 1 heterocycles. The Labute approximate surface area is 106 Å². The molecule has 1 aliphatic heterocycles. The molecule has 0 radical (unpaired) electrons. The van der Waals surface area contributed by atoms with Gasteiger partial charge in [0.2, 0.25) is 0 Å². The fraction of sp³-hybridized carbons (Fsp3) is 0.692. The lowest BCUT2D eigenvalue weighted by Gasteiger charge is -2.37. The van der Waals surface area contributed by atoms with Gasteiger partial charge >= 0.3 is 12.1 Å². The van der Waals surface area contributed by atoms with Gasteiger partial charge in [0.1, 0.15) is 6.61 Å². The third-order valence-electron chi connectivity index (χ3n) is 3.72. The maximum atomic E-state index is 11.9. The maximum absolute atomic E-state index is 11.9. The van der Waals surface area contributed by atoms with E-state index in [0.717, 1.165) is 12.8 Å². The van der Waals surface area contributed by atoms with Gasteiger partial charge in [-0.05, 0) is 31.6 Å². The van der Waals surface area contributed by atoms with Crippen LogP contribution in [0.1, 0.15) is 25.7 Å². The SMILES string of the molecule is C=CCOC(=O)N1CC[C@@H](C(=O)O)C[C@@H]1C1CC1. The summed E-state index contributed by atoms with van der Waals surface area (Å²) in [6, 6.07) is 0.0390. The van der Waals surface area contributed by atoms with Crippen LogP contribution < -0.4 is 0 Å². The molecule has 5 heteroatoms. The quantitative estimate of drug-likeness (QED) is 0.777. The summed E-state index contributed by atoms with van der Waals surface area (Å²) >= 11 is 0. The summed E-state index contributed by atoms with van der Waals surface area (Å²) < 4.78 is 5.06. The monoisotopic (exact) mass is 253 g/mol. The van der Waals surface area contributed by atoms with E-state index in [1.807, 2.05) is 0 Å². The van der Waals surface area contributed by atoms with Crippen LogP contribution in [0.3, 0.4) is 0 Å². The standard InChI is InChI=1S/C13H19NO4/c1-2-7-18-13(17)14-6-5-10(12(15)16)8-11(14)9-3-4-9/h2,9-11H,1,3-8H2,(H,15,16)/t10-,11-/m1/s1. The molecule has 1 saturated heterocycles. The first-order valence-corrected chi connectivity index (χ1v) is 6.40. The highest BCUT2D eigenvalue weighted by Gasteiger charge is 2.43. The Morgan fingerprint density at radius 1 is 1.39 bits per heavy atom. The number of piperidine rings is 1. The van der Waals surface area contributed by atoms with Crippen molar-refractivity contribution in [1.82, 2.24) is 4.90 Å². The minimum absolute atomic E-state index is 0.0390. The first-order valence-electron chi connectivity index (χ1n) is 6.40. The zero-order valence-electron chi connectivity index (χ0n) is 10.4. The summed E-state index contributed by atoms with van der Waals surface area (Å²) in [5.41, 5.74) is 0. The molecule has 0 aromatic heterocycles. The van der Waals surface area contributed by atoms with Crippen LogP contribution in [0.5, 0.6) is 0 Å². The van der Waals surface area contributed by atoms with E-state index >= 15 is 0 Å². The van der Waals surface area contributed by atoms with Gasteiger partial charge in [-0.3, -0.25) is 4.79 Å². The number of ether oxygens (including phenoxy) is 1. The molecule has 100 valence electrons. The van der Waals surface area contributed by atoms with Gasteiger partial charge < -0.3 is 14.7 Å². The Morgan fingerprint density at radius 2 is 2.11 bits per heavy atom. The van der Waals surface area contributed by atoms with E-state index in [0.29, 0.717) is 25.3 Å². The predicted octanol–water partition coefficient (Wildman–Crippen LogP) is 1.88. The number of hydrogen-bond donors (Lipinski definition) is 1. The topological polar surface area (TPSA) is 66.8 Å². The lowest BCUT2D eigenvalue weighted by atomic mass is 9.89. The molecule has 2 rings (SSSR count). The molecule has 0 spiro atoms. The van der Waals surface area contributed by atoms with Crippen molar-refractivity contribution in [2.24, 2.45) is 11.8 Å². The van der Waals surface area contributed by atoms with Gasteiger partial charge in [0.15, 0.2) is 0 Å². The molecule has 1 amide bonds. The number of amides is 1. The summed E-state index contributed by atoms with van der Waals surface area (Å²) in [4.78, 5) is 24.6. The molecule has 2 fully saturated rings. The van der Waals surface area contributed by atoms with Crippen molar-refractivity contribution < 1.29 is 19.4 Å². The molecular weight excluding hydrogens is 234 g/mol. The highest BCUT2D eigenvalue weighted by atomic mass is 16.6. The van der Waals surface area contributed by atoms with Crippen LogP contribution in [0.2, 0.25) is 0 Å². The van der Waals surface area contributed by atoms with Crippen molar-refractivity contribution >= 4 is 12.1 Å². The van der Waals surface area contributed by atoms with Crippen LogP contribution in [0.25, 0.3) is 0 Å². The van der Waals surface area contributed by atoms with Gasteiger partial charge in [0.25, 0.3) is 0 Å². The average Bonchev–Trinajstić information content (AvgIpc) is 3.19. The lowest BCUT2D eigenvalue weighted by Crippen LogP contribution is -2.48. The van der Waals surface area contributed by atoms with Crippen molar-refractivity contribution in [1.29, 1.82) is 0 Å². The highest BCUT2D eigenvalue weighted by molar-refractivity contribution is 5.72. The highest BCUT2D eigenvalue weighted by Crippen LogP contribution is 2.41. The number of carboxylic acid groups (broad SMARTS) is 1. The second-order valence-electron chi connectivity index (χ2n) is 5.02. The van der Waals surface area contributed by atoms with Crippen molar-refractivity contribution in [3.8, 4) is 0 Å². The van der Waals surface area contributed by atoms with Crippen LogP contribution in [0, 0.1) is 11.8 Å². The lowest BCUT2D eigenvalue weighted by molar-refractivity contribution is -0.144. The number of rotatable bonds is 4. The maximum Gasteiger partial charge on any atom is 0.410 e. The number of carbonyl (C=O) groups excluding carboxylic acids is 1. The number of carboxylic acids is 1. The summed E-state index contributed by atoms with van der Waals surface area (Å²) in [6.07, 6.45) is 4.44. The number of nitrogens with zero attached hydrogens (tertiary/aromatic N) is 1. The number of carbonyl (C=O) groups is 2. The molecule has 0 aromatic rings. The van der Waals surface area contributed by atoms with Gasteiger partial charge in [-0.25, -0.2) is 4.79 Å². The van der Waals surface area contributed by atoms with E-state index in [1.165, 1.54) is 6.08 Å². The second kappa shape index (κ2) is 5.42. The van der Waals surface area contributed by atoms with Crippen LogP contribution in [0.4, 0.5) is 4.79 Å². The summed E-state index contributed by atoms with van der Waals surface area (Å²) in [5.74, 6) is -0.609. The van der Waals surface area contributed by atoms with Crippen LogP contribution in [-0.4, -0.2) is 41.3 Å². The van der Waals surface area contributed by atoms with Crippen molar-refractivity contribution in [3.63, 3.8) is 0 Å². The van der Waals surface area contributed by atoms with E-state index in [2.05, 4.69) is 6.58 Å². The zero-order valence-corrected chi connectivity index (χ0v) is 10.4. The van der Waals surface area contributed by atoms with E-state index in [9.17, 15) is 9.59 Å². The van der Waals surface area contributed by atoms with Crippen LogP contribution >= 0.6 is 0 Å². The molecule has 1 saturated carbocycles. The van der Waals surface area contributed by atoms with Crippen LogP contribution in [0.15, 0.2) is 12.7 Å². The largest absolute Gasteiger partial charge is 0.481 e. The van der Waals surface area contributed by atoms with Gasteiger partial charge in [-0.15, -0.1) is 0 Å². The summed E-state index contributed by atoms with van der Waals surface area (Å²) in [7, 11) is 0. The van der Waals surface area contributed by atoms with Crippen molar-refractivity contribution in [2.75, 3.05) is 13.2 Å². The molecule has 2 atom stereocenters. The summed E-state index contributed by atoms with van der Waals surface area (Å²) in [5, 5.41) is 9.08. The Bertz CT molecular complexity index is 351. The second-order valence-corrected chi connectivity index (χ2v) is 5.02. The Morgan fingerprint density at radius 3 is 2.67 bits per heavy atom. The van der Waals surface area contributed by atoms with Crippen molar-refractivity contribution in [2.45, 2.75) is 31.7 Å². The molecule has 2 aliphatic rings.